The molecular weight excluding hydrogens is 330 g/mol. The fourth-order valence-corrected chi connectivity index (χ4v) is 4.02. The number of likely N-dealkylation sites (tertiary alicyclic amines) is 1. The van der Waals surface area contributed by atoms with Gasteiger partial charge in [-0.3, -0.25) is 14.7 Å². The Balaban J connectivity index is 1.62. The van der Waals surface area contributed by atoms with Crippen LogP contribution in [0, 0.1) is 13.8 Å². The molecule has 6 heteroatoms. The summed E-state index contributed by atoms with van der Waals surface area (Å²) in [6, 6.07) is 7.83. The van der Waals surface area contributed by atoms with Crippen molar-refractivity contribution in [1.82, 2.24) is 14.8 Å². The summed E-state index contributed by atoms with van der Waals surface area (Å²) in [5.41, 5.74) is 3.44. The van der Waals surface area contributed by atoms with E-state index in [4.69, 9.17) is 4.74 Å². The van der Waals surface area contributed by atoms with Crippen LogP contribution in [-0.2, 0) is 4.74 Å². The number of ether oxygens (including phenoxy) is 1. The zero-order valence-corrected chi connectivity index (χ0v) is 15.3. The molecule has 26 heavy (non-hydrogen) atoms. The number of hydrogen-bond donors (Lipinski definition) is 1. The molecule has 1 amide bonds. The number of hydrogen-bond acceptors (Lipinski definition) is 5. The monoisotopic (exact) mass is 355 g/mol. The third-order valence-electron chi connectivity index (χ3n) is 5.38. The van der Waals surface area contributed by atoms with Gasteiger partial charge in [-0.15, -0.1) is 0 Å². The van der Waals surface area contributed by atoms with Crippen LogP contribution in [0.25, 0.3) is 10.9 Å². The summed E-state index contributed by atoms with van der Waals surface area (Å²) in [6.07, 6.45) is -0.520. The quantitative estimate of drug-likeness (QED) is 0.881. The van der Waals surface area contributed by atoms with Crippen molar-refractivity contribution in [2.75, 3.05) is 39.4 Å². The number of rotatable bonds is 2. The van der Waals surface area contributed by atoms with Crippen LogP contribution in [0.1, 0.15) is 21.6 Å². The molecule has 2 aliphatic rings. The molecule has 0 bridgehead atoms. The minimum absolute atomic E-state index is 0.0150. The molecule has 1 aromatic carbocycles. The lowest BCUT2D eigenvalue weighted by Gasteiger charge is -2.33. The third-order valence-corrected chi connectivity index (χ3v) is 5.38. The number of β-amino-alcohol motifs (C(OH)–C–C–N with tert-alkyl or cyclic N) is 1. The molecule has 2 aromatic rings. The zero-order valence-electron chi connectivity index (χ0n) is 15.3. The summed E-state index contributed by atoms with van der Waals surface area (Å²) < 4.78 is 5.40. The van der Waals surface area contributed by atoms with Crippen molar-refractivity contribution in [3.05, 3.63) is 41.1 Å². The standard InChI is InChI=1S/C20H25N3O3/c1-13-3-4-17-15(9-13)16(10-14(2)21-17)20(25)23-11-18(19(24)12-23)22-5-7-26-8-6-22/h3-4,9-10,18-19,24H,5-8,11-12H2,1-2H3/t18-,19-/m0/s1. The van der Waals surface area contributed by atoms with Crippen molar-refractivity contribution in [3.8, 4) is 0 Å². The van der Waals surface area contributed by atoms with Gasteiger partial charge < -0.3 is 14.7 Å². The Morgan fingerprint density at radius 1 is 1.19 bits per heavy atom. The first-order valence-corrected chi connectivity index (χ1v) is 9.20. The van der Waals surface area contributed by atoms with Crippen molar-refractivity contribution < 1.29 is 14.6 Å². The van der Waals surface area contributed by atoms with Crippen molar-refractivity contribution in [2.45, 2.75) is 26.0 Å². The number of carbonyl (C=O) groups is 1. The average Bonchev–Trinajstić information content (AvgIpc) is 3.03. The molecule has 0 spiro atoms. The highest BCUT2D eigenvalue weighted by Gasteiger charge is 2.38. The zero-order chi connectivity index (χ0) is 18.3. The summed E-state index contributed by atoms with van der Waals surface area (Å²) in [7, 11) is 0. The Kier molecular flexibility index (Phi) is 4.65. The number of amides is 1. The van der Waals surface area contributed by atoms with Gasteiger partial charge in [-0.25, -0.2) is 0 Å². The molecule has 0 saturated carbocycles. The minimum atomic E-state index is -0.520. The van der Waals surface area contributed by atoms with E-state index in [1.807, 2.05) is 38.1 Å². The molecule has 2 saturated heterocycles. The Labute approximate surface area is 153 Å². The van der Waals surface area contributed by atoms with Crippen molar-refractivity contribution >= 4 is 16.8 Å². The fourth-order valence-electron chi connectivity index (χ4n) is 4.02. The number of aliphatic hydroxyl groups is 1. The molecule has 3 heterocycles. The van der Waals surface area contributed by atoms with Gasteiger partial charge in [-0.05, 0) is 32.0 Å². The predicted octanol–water partition coefficient (Wildman–Crippen LogP) is 1.37. The Hall–Kier alpha value is -2.02. The number of aliphatic hydroxyl groups excluding tert-OH is 1. The van der Waals surface area contributed by atoms with Gasteiger partial charge in [0.1, 0.15) is 0 Å². The number of morpholine rings is 1. The molecule has 1 N–H and O–H groups in total. The number of fused-ring (bicyclic) bond motifs is 1. The van der Waals surface area contributed by atoms with E-state index in [1.165, 1.54) is 0 Å². The van der Waals surface area contributed by atoms with Crippen molar-refractivity contribution in [3.63, 3.8) is 0 Å². The first-order valence-electron chi connectivity index (χ1n) is 9.20. The smallest absolute Gasteiger partial charge is 0.254 e. The molecule has 1 aromatic heterocycles. The second-order valence-electron chi connectivity index (χ2n) is 7.32. The molecule has 2 atom stereocenters. The SMILES string of the molecule is Cc1ccc2nc(C)cc(C(=O)N3C[C@H](O)[C@@H](N4CCOCC4)C3)c2c1. The molecule has 2 fully saturated rings. The molecule has 0 aliphatic carbocycles. The highest BCUT2D eigenvalue weighted by Crippen LogP contribution is 2.25. The molecular formula is C20H25N3O3. The summed E-state index contributed by atoms with van der Waals surface area (Å²) in [4.78, 5) is 21.8. The van der Waals surface area contributed by atoms with Crippen molar-refractivity contribution in [1.29, 1.82) is 0 Å². The van der Waals surface area contributed by atoms with E-state index in [0.717, 1.165) is 35.2 Å². The topological polar surface area (TPSA) is 65.9 Å². The van der Waals surface area contributed by atoms with Crippen LogP contribution >= 0.6 is 0 Å². The first kappa shape index (κ1) is 17.4. The highest BCUT2D eigenvalue weighted by atomic mass is 16.5. The maximum Gasteiger partial charge on any atom is 0.254 e. The predicted molar refractivity (Wildman–Crippen MR) is 99.3 cm³/mol. The number of aryl methyl sites for hydroxylation is 2. The fraction of sp³-hybridized carbons (Fsp3) is 0.500. The van der Waals surface area contributed by atoms with Gasteiger partial charge in [-0.1, -0.05) is 11.6 Å². The van der Waals surface area contributed by atoms with Gasteiger partial charge in [-0.2, -0.15) is 0 Å². The normalized spacial score (nSPS) is 24.3. The Morgan fingerprint density at radius 2 is 1.96 bits per heavy atom. The second-order valence-corrected chi connectivity index (χ2v) is 7.32. The highest BCUT2D eigenvalue weighted by molar-refractivity contribution is 6.06. The van der Waals surface area contributed by atoms with E-state index in [2.05, 4.69) is 9.88 Å². The largest absolute Gasteiger partial charge is 0.390 e. The number of aromatic nitrogens is 1. The number of nitrogens with zero attached hydrogens (tertiary/aromatic N) is 3. The summed E-state index contributed by atoms with van der Waals surface area (Å²) in [6.45, 7) is 7.83. The van der Waals surface area contributed by atoms with Crippen LogP contribution in [-0.4, -0.2) is 77.3 Å². The van der Waals surface area contributed by atoms with E-state index in [-0.39, 0.29) is 11.9 Å². The minimum Gasteiger partial charge on any atom is -0.390 e. The van der Waals surface area contributed by atoms with E-state index < -0.39 is 6.10 Å². The van der Waals surface area contributed by atoms with Gasteiger partial charge >= 0.3 is 0 Å². The lowest BCUT2D eigenvalue weighted by molar-refractivity contribution is -0.00611. The van der Waals surface area contributed by atoms with Crippen LogP contribution < -0.4 is 0 Å². The average molecular weight is 355 g/mol. The molecule has 6 nitrogen and oxygen atoms in total. The van der Waals surface area contributed by atoms with E-state index >= 15 is 0 Å². The van der Waals surface area contributed by atoms with Gasteiger partial charge in [0, 0.05) is 37.3 Å². The lowest BCUT2D eigenvalue weighted by Crippen LogP contribution is -2.49. The summed E-state index contributed by atoms with van der Waals surface area (Å²) in [5, 5.41) is 11.4. The molecule has 2 aliphatic heterocycles. The van der Waals surface area contributed by atoms with Crippen LogP contribution in [0.15, 0.2) is 24.3 Å². The Morgan fingerprint density at radius 3 is 2.73 bits per heavy atom. The van der Waals surface area contributed by atoms with Crippen molar-refractivity contribution in [2.24, 2.45) is 0 Å². The van der Waals surface area contributed by atoms with E-state index in [9.17, 15) is 9.90 Å². The lowest BCUT2D eigenvalue weighted by atomic mass is 10.0. The van der Waals surface area contributed by atoms with E-state index in [1.54, 1.807) is 4.90 Å². The molecule has 0 unspecified atom stereocenters. The molecule has 138 valence electrons. The van der Waals surface area contributed by atoms with Gasteiger partial charge in [0.15, 0.2) is 0 Å². The summed E-state index contributed by atoms with van der Waals surface area (Å²) >= 11 is 0. The number of pyridine rings is 1. The summed E-state index contributed by atoms with van der Waals surface area (Å²) in [5.74, 6) is -0.0269. The van der Waals surface area contributed by atoms with Crippen LogP contribution in [0.2, 0.25) is 0 Å². The van der Waals surface area contributed by atoms with Gasteiger partial charge in [0.05, 0.1) is 36.4 Å². The first-order chi connectivity index (χ1) is 12.5. The third kappa shape index (κ3) is 3.20. The van der Waals surface area contributed by atoms with Gasteiger partial charge in [0.25, 0.3) is 5.91 Å². The maximum atomic E-state index is 13.2. The number of carbonyl (C=O) groups excluding carboxylic acids is 1. The maximum absolute atomic E-state index is 13.2. The van der Waals surface area contributed by atoms with E-state index in [0.29, 0.717) is 31.9 Å². The second kappa shape index (κ2) is 6.95. The Bertz CT molecular complexity index is 832. The van der Waals surface area contributed by atoms with Crippen LogP contribution in [0.5, 0.6) is 0 Å². The van der Waals surface area contributed by atoms with Crippen LogP contribution in [0.4, 0.5) is 0 Å². The van der Waals surface area contributed by atoms with Crippen LogP contribution in [0.3, 0.4) is 0 Å². The molecule has 0 radical (unpaired) electrons. The van der Waals surface area contributed by atoms with Gasteiger partial charge in [0.2, 0.25) is 0 Å². The molecule has 4 rings (SSSR count). The number of benzene rings is 1.